The molecule has 0 amide bonds. The average molecular weight is 343 g/mol. The third-order valence-corrected chi connectivity index (χ3v) is 4.16. The smallest absolute Gasteiger partial charge is 0.310 e. The van der Waals surface area contributed by atoms with Gasteiger partial charge < -0.3 is 20.3 Å². The van der Waals surface area contributed by atoms with Gasteiger partial charge in [0.1, 0.15) is 12.4 Å². The van der Waals surface area contributed by atoms with Gasteiger partial charge in [-0.2, -0.15) is 0 Å². The van der Waals surface area contributed by atoms with Gasteiger partial charge in [0.25, 0.3) is 0 Å². The van der Waals surface area contributed by atoms with Crippen molar-refractivity contribution in [2.75, 3.05) is 38.6 Å². The molecule has 23 heavy (non-hydrogen) atoms. The number of hydrogen-bond acceptors (Lipinski definition) is 5. The van der Waals surface area contributed by atoms with Gasteiger partial charge >= 0.3 is 5.97 Å². The lowest BCUT2D eigenvalue weighted by Crippen LogP contribution is -2.52. The molecular formula is C16H23ClN2O4. The Bertz CT molecular complexity index is 565. The van der Waals surface area contributed by atoms with Gasteiger partial charge in [-0.05, 0) is 32.0 Å². The first-order valence-corrected chi connectivity index (χ1v) is 7.90. The number of benzene rings is 1. The zero-order valence-electron chi connectivity index (χ0n) is 13.4. The van der Waals surface area contributed by atoms with Crippen LogP contribution in [0.3, 0.4) is 0 Å². The molecule has 2 rings (SSSR count). The number of anilines is 1. The maximum absolute atomic E-state index is 11.3. The average Bonchev–Trinajstić information content (AvgIpc) is 2.47. The highest BCUT2D eigenvalue weighted by Gasteiger charge is 2.34. The Kier molecular flexibility index (Phi) is 5.73. The summed E-state index contributed by atoms with van der Waals surface area (Å²) in [5.74, 6) is -0.247. The number of nitrogens with two attached hydrogens (primary N) is 1. The predicted molar refractivity (Wildman–Crippen MR) is 89.0 cm³/mol. The van der Waals surface area contributed by atoms with Gasteiger partial charge in [-0.1, -0.05) is 11.6 Å². The van der Waals surface area contributed by atoms with Crippen molar-refractivity contribution in [3.05, 3.63) is 23.2 Å². The zero-order chi connectivity index (χ0) is 17.0. The molecule has 6 nitrogen and oxygen atoms in total. The molecule has 1 fully saturated rings. The standard InChI is InChI=1S/C16H23ClN2O4/c1-16(2,15(20)21)10-19-5-6-22-8-12(19)9-23-14-4-3-11(17)7-13(14)18/h3-4,7,12H,5-6,8-10,18H2,1-2H3,(H,20,21). The number of rotatable bonds is 6. The number of carboxylic acids is 1. The monoisotopic (exact) mass is 342 g/mol. The largest absolute Gasteiger partial charge is 0.490 e. The summed E-state index contributed by atoms with van der Waals surface area (Å²) in [6, 6.07) is 5.07. The van der Waals surface area contributed by atoms with Crippen molar-refractivity contribution >= 4 is 23.3 Å². The van der Waals surface area contributed by atoms with Crippen LogP contribution < -0.4 is 10.5 Å². The van der Waals surface area contributed by atoms with Crippen molar-refractivity contribution in [3.63, 3.8) is 0 Å². The molecule has 0 aromatic heterocycles. The Balaban J connectivity index is 2.00. The first kappa shape index (κ1) is 17.8. The quantitative estimate of drug-likeness (QED) is 0.770. The fourth-order valence-corrected chi connectivity index (χ4v) is 2.64. The van der Waals surface area contributed by atoms with E-state index in [0.29, 0.717) is 49.4 Å². The maximum atomic E-state index is 11.3. The molecule has 3 N–H and O–H groups in total. The molecule has 0 radical (unpaired) electrons. The highest BCUT2D eigenvalue weighted by molar-refractivity contribution is 6.30. The van der Waals surface area contributed by atoms with E-state index in [0.717, 1.165) is 0 Å². The van der Waals surface area contributed by atoms with Gasteiger partial charge in [0, 0.05) is 18.1 Å². The molecule has 0 bridgehead atoms. The molecule has 1 aliphatic rings. The molecule has 1 saturated heterocycles. The number of aliphatic carboxylic acids is 1. The summed E-state index contributed by atoms with van der Waals surface area (Å²) in [5, 5.41) is 9.87. The van der Waals surface area contributed by atoms with E-state index in [1.807, 2.05) is 0 Å². The Morgan fingerprint density at radius 1 is 1.57 bits per heavy atom. The fourth-order valence-electron chi connectivity index (χ4n) is 2.46. The van der Waals surface area contributed by atoms with E-state index in [9.17, 15) is 9.90 Å². The van der Waals surface area contributed by atoms with E-state index >= 15 is 0 Å². The van der Waals surface area contributed by atoms with E-state index in [4.69, 9.17) is 26.8 Å². The van der Waals surface area contributed by atoms with Crippen LogP contribution in [0.25, 0.3) is 0 Å². The Labute approximate surface area is 141 Å². The molecule has 1 unspecified atom stereocenters. The first-order valence-electron chi connectivity index (χ1n) is 7.52. The second-order valence-electron chi connectivity index (χ2n) is 6.38. The summed E-state index contributed by atoms with van der Waals surface area (Å²) in [6.45, 7) is 6.04. The Morgan fingerprint density at radius 2 is 2.30 bits per heavy atom. The van der Waals surface area contributed by atoms with Crippen molar-refractivity contribution in [1.29, 1.82) is 0 Å². The van der Waals surface area contributed by atoms with Crippen molar-refractivity contribution in [2.45, 2.75) is 19.9 Å². The second kappa shape index (κ2) is 7.38. The minimum absolute atomic E-state index is 0.0162. The molecule has 1 atom stereocenters. The van der Waals surface area contributed by atoms with Crippen LogP contribution in [-0.2, 0) is 9.53 Å². The molecule has 1 aromatic rings. The van der Waals surface area contributed by atoms with Gasteiger partial charge in [-0.15, -0.1) is 0 Å². The van der Waals surface area contributed by atoms with E-state index in [1.165, 1.54) is 0 Å². The van der Waals surface area contributed by atoms with E-state index in [2.05, 4.69) is 4.90 Å². The van der Waals surface area contributed by atoms with Gasteiger partial charge in [-0.25, -0.2) is 0 Å². The van der Waals surface area contributed by atoms with Crippen LogP contribution in [0, 0.1) is 5.41 Å². The Hall–Kier alpha value is -1.50. The van der Waals surface area contributed by atoms with E-state index in [-0.39, 0.29) is 6.04 Å². The topological polar surface area (TPSA) is 85.0 Å². The van der Waals surface area contributed by atoms with Crippen molar-refractivity contribution in [2.24, 2.45) is 5.41 Å². The lowest BCUT2D eigenvalue weighted by molar-refractivity contribution is -0.149. The number of nitrogen functional groups attached to an aromatic ring is 1. The zero-order valence-corrected chi connectivity index (χ0v) is 14.2. The third-order valence-electron chi connectivity index (χ3n) is 3.93. The molecule has 7 heteroatoms. The molecule has 0 saturated carbocycles. The van der Waals surface area contributed by atoms with Crippen LogP contribution >= 0.6 is 11.6 Å². The van der Waals surface area contributed by atoms with Crippen molar-refractivity contribution in [1.82, 2.24) is 4.90 Å². The summed E-state index contributed by atoms with van der Waals surface area (Å²) in [7, 11) is 0. The maximum Gasteiger partial charge on any atom is 0.310 e. The highest BCUT2D eigenvalue weighted by Crippen LogP contribution is 2.26. The Morgan fingerprint density at radius 3 is 2.96 bits per heavy atom. The number of carboxylic acid groups (broad SMARTS) is 1. The third kappa shape index (κ3) is 4.73. The number of nitrogens with zero attached hydrogens (tertiary/aromatic N) is 1. The number of carbonyl (C=O) groups is 1. The number of hydrogen-bond donors (Lipinski definition) is 2. The van der Waals surface area contributed by atoms with Crippen LogP contribution in [0.5, 0.6) is 5.75 Å². The summed E-state index contributed by atoms with van der Waals surface area (Å²) in [5.41, 5.74) is 5.53. The van der Waals surface area contributed by atoms with Gasteiger partial charge in [0.2, 0.25) is 0 Å². The van der Waals surface area contributed by atoms with Crippen molar-refractivity contribution < 1.29 is 19.4 Å². The number of halogens is 1. The SMILES string of the molecule is CC(C)(CN1CCOCC1COc1ccc(Cl)cc1N)C(=O)O. The first-order chi connectivity index (χ1) is 10.8. The molecule has 0 spiro atoms. The fraction of sp³-hybridized carbons (Fsp3) is 0.562. The minimum atomic E-state index is -0.825. The van der Waals surface area contributed by atoms with Gasteiger partial charge in [-0.3, -0.25) is 9.69 Å². The summed E-state index contributed by atoms with van der Waals surface area (Å²) < 4.78 is 11.3. The van der Waals surface area contributed by atoms with Crippen molar-refractivity contribution in [3.8, 4) is 5.75 Å². The number of morpholine rings is 1. The molecule has 1 aliphatic heterocycles. The molecule has 1 aromatic carbocycles. The van der Waals surface area contributed by atoms with Gasteiger partial charge in [0.15, 0.2) is 0 Å². The number of ether oxygens (including phenoxy) is 2. The van der Waals surface area contributed by atoms with Crippen LogP contribution in [0.4, 0.5) is 5.69 Å². The summed E-state index contributed by atoms with van der Waals surface area (Å²) in [6.07, 6.45) is 0. The summed E-state index contributed by atoms with van der Waals surface area (Å²) in [4.78, 5) is 13.4. The van der Waals surface area contributed by atoms with Crippen LogP contribution in [0.1, 0.15) is 13.8 Å². The second-order valence-corrected chi connectivity index (χ2v) is 6.82. The normalized spacial score (nSPS) is 19.5. The van der Waals surface area contributed by atoms with Crippen LogP contribution in [-0.4, -0.2) is 54.9 Å². The lowest BCUT2D eigenvalue weighted by atomic mass is 9.92. The molecule has 1 heterocycles. The van der Waals surface area contributed by atoms with Crippen LogP contribution in [0.2, 0.25) is 5.02 Å². The van der Waals surface area contributed by atoms with Gasteiger partial charge in [0.05, 0.1) is 30.4 Å². The van der Waals surface area contributed by atoms with Crippen LogP contribution in [0.15, 0.2) is 18.2 Å². The highest BCUT2D eigenvalue weighted by atomic mass is 35.5. The van der Waals surface area contributed by atoms with E-state index < -0.39 is 11.4 Å². The minimum Gasteiger partial charge on any atom is -0.490 e. The lowest BCUT2D eigenvalue weighted by Gasteiger charge is -2.38. The predicted octanol–water partition coefficient (Wildman–Crippen LogP) is 2.11. The van der Waals surface area contributed by atoms with E-state index in [1.54, 1.807) is 32.0 Å². The molecule has 0 aliphatic carbocycles. The molecular weight excluding hydrogens is 320 g/mol. The molecule has 128 valence electrons. The summed E-state index contributed by atoms with van der Waals surface area (Å²) >= 11 is 5.87.